The van der Waals surface area contributed by atoms with Crippen molar-refractivity contribution in [3.63, 3.8) is 0 Å². The Morgan fingerprint density at radius 3 is 2.87 bits per heavy atom. The van der Waals surface area contributed by atoms with Crippen LogP contribution in [-0.2, 0) is 0 Å². The number of fused-ring (bicyclic) bond motifs is 1. The van der Waals surface area contributed by atoms with Crippen LogP contribution in [0, 0.1) is 11.3 Å². The van der Waals surface area contributed by atoms with Gasteiger partial charge in [-0.1, -0.05) is 24.3 Å². The van der Waals surface area contributed by atoms with Gasteiger partial charge in [0.2, 0.25) is 0 Å². The summed E-state index contributed by atoms with van der Waals surface area (Å²) in [4.78, 5) is 16.2. The van der Waals surface area contributed by atoms with Gasteiger partial charge in [-0.3, -0.25) is 4.79 Å². The van der Waals surface area contributed by atoms with Gasteiger partial charge in [0, 0.05) is 4.70 Å². The van der Waals surface area contributed by atoms with E-state index in [4.69, 9.17) is 4.74 Å². The topological polar surface area (TPSA) is 63.0 Å². The van der Waals surface area contributed by atoms with E-state index >= 15 is 0 Å². The lowest BCUT2D eigenvalue weighted by atomic mass is 10.1. The normalized spacial score (nSPS) is 11.2. The number of nitriles is 1. The maximum atomic E-state index is 12.1. The highest BCUT2D eigenvalue weighted by molar-refractivity contribution is 7.19. The predicted molar refractivity (Wildman–Crippen MR) is 92.4 cm³/mol. The first-order valence-electron chi connectivity index (χ1n) is 6.87. The second-order valence-electron chi connectivity index (χ2n) is 4.77. The minimum Gasteiger partial charge on any atom is -0.497 e. The molecule has 0 aliphatic carbocycles. The first kappa shape index (κ1) is 14.9. The van der Waals surface area contributed by atoms with Gasteiger partial charge in [0.05, 0.1) is 18.1 Å². The highest BCUT2D eigenvalue weighted by atomic mass is 32.1. The lowest BCUT2D eigenvalue weighted by molar-refractivity contribution is 0.414. The zero-order valence-corrected chi connectivity index (χ0v) is 13.1. The largest absolute Gasteiger partial charge is 0.497 e. The zero-order chi connectivity index (χ0) is 16.2. The Morgan fingerprint density at radius 2 is 2.09 bits per heavy atom. The molecular weight excluding hydrogens is 308 g/mol. The fourth-order valence-electron chi connectivity index (χ4n) is 2.17. The number of nitrogens with zero attached hydrogens (tertiary/aromatic N) is 2. The molecule has 1 heterocycles. The summed E-state index contributed by atoms with van der Waals surface area (Å²) in [6.07, 6.45) is 1.70. The maximum Gasteiger partial charge on any atom is 0.279 e. The number of allylic oxidation sites excluding steroid dienone is 1. The SMILES string of the molecule is COc1cccc(/C=C(\C#N)c2nc(=O)c3ccccc3s2)c1. The average Bonchev–Trinajstić information content (AvgIpc) is 2.60. The molecular formula is C18H12N2O2S. The molecule has 0 saturated carbocycles. The highest BCUT2D eigenvalue weighted by Crippen LogP contribution is 2.25. The van der Waals surface area contributed by atoms with Gasteiger partial charge >= 0.3 is 0 Å². The number of aromatic nitrogens is 1. The van der Waals surface area contributed by atoms with Gasteiger partial charge in [-0.05, 0) is 35.9 Å². The Balaban J connectivity index is 2.12. The van der Waals surface area contributed by atoms with Gasteiger partial charge in [-0.2, -0.15) is 10.2 Å². The Kier molecular flexibility index (Phi) is 4.18. The molecule has 0 unspecified atom stereocenters. The third kappa shape index (κ3) is 3.12. The van der Waals surface area contributed by atoms with Crippen LogP contribution >= 0.6 is 11.3 Å². The molecule has 5 heteroatoms. The van der Waals surface area contributed by atoms with Crippen LogP contribution < -0.4 is 10.3 Å². The van der Waals surface area contributed by atoms with Crippen LogP contribution in [0.4, 0.5) is 0 Å². The second kappa shape index (κ2) is 6.42. The summed E-state index contributed by atoms with van der Waals surface area (Å²) in [6.45, 7) is 0. The van der Waals surface area contributed by atoms with Crippen molar-refractivity contribution in [2.75, 3.05) is 7.11 Å². The van der Waals surface area contributed by atoms with Crippen LogP contribution in [0.5, 0.6) is 5.75 Å². The van der Waals surface area contributed by atoms with Crippen molar-refractivity contribution in [3.05, 3.63) is 69.5 Å². The fraction of sp³-hybridized carbons (Fsp3) is 0.0556. The number of hydrogen-bond donors (Lipinski definition) is 0. The van der Waals surface area contributed by atoms with Gasteiger partial charge in [0.15, 0.2) is 0 Å². The van der Waals surface area contributed by atoms with E-state index in [-0.39, 0.29) is 5.56 Å². The van der Waals surface area contributed by atoms with Crippen LogP contribution in [0.1, 0.15) is 10.6 Å². The fourth-order valence-corrected chi connectivity index (χ4v) is 3.13. The quantitative estimate of drug-likeness (QED) is 0.690. The van der Waals surface area contributed by atoms with E-state index in [0.29, 0.717) is 21.7 Å². The molecule has 2 aromatic carbocycles. The Hall–Kier alpha value is -2.97. The van der Waals surface area contributed by atoms with Crippen molar-refractivity contribution in [1.82, 2.24) is 4.98 Å². The number of hydrogen-bond acceptors (Lipinski definition) is 5. The third-order valence-corrected chi connectivity index (χ3v) is 4.36. The average molecular weight is 320 g/mol. The summed E-state index contributed by atoms with van der Waals surface area (Å²) < 4.78 is 5.99. The molecule has 0 amide bonds. The summed E-state index contributed by atoms with van der Waals surface area (Å²) in [6, 6.07) is 16.7. The first-order valence-corrected chi connectivity index (χ1v) is 7.69. The lowest BCUT2D eigenvalue weighted by Gasteiger charge is -2.02. The maximum absolute atomic E-state index is 12.1. The van der Waals surface area contributed by atoms with Crippen LogP contribution in [0.15, 0.2) is 53.3 Å². The smallest absolute Gasteiger partial charge is 0.279 e. The lowest BCUT2D eigenvalue weighted by Crippen LogP contribution is -2.07. The monoisotopic (exact) mass is 320 g/mol. The van der Waals surface area contributed by atoms with E-state index in [1.54, 1.807) is 25.3 Å². The van der Waals surface area contributed by atoms with Gasteiger partial charge in [-0.25, -0.2) is 0 Å². The van der Waals surface area contributed by atoms with Crippen LogP contribution in [0.3, 0.4) is 0 Å². The molecule has 0 aliphatic rings. The highest BCUT2D eigenvalue weighted by Gasteiger charge is 2.09. The van der Waals surface area contributed by atoms with Crippen molar-refractivity contribution >= 4 is 33.1 Å². The molecule has 1 aromatic heterocycles. The van der Waals surface area contributed by atoms with E-state index in [1.807, 2.05) is 36.4 Å². The van der Waals surface area contributed by atoms with Gasteiger partial charge < -0.3 is 4.74 Å². The Morgan fingerprint density at radius 1 is 1.26 bits per heavy atom. The van der Waals surface area contributed by atoms with E-state index in [2.05, 4.69) is 11.1 Å². The van der Waals surface area contributed by atoms with Crippen molar-refractivity contribution in [2.24, 2.45) is 0 Å². The second-order valence-corrected chi connectivity index (χ2v) is 5.80. The van der Waals surface area contributed by atoms with Crippen LogP contribution in [-0.4, -0.2) is 12.1 Å². The van der Waals surface area contributed by atoms with E-state index < -0.39 is 0 Å². The molecule has 23 heavy (non-hydrogen) atoms. The number of rotatable bonds is 3. The molecule has 3 aromatic rings. The third-order valence-electron chi connectivity index (χ3n) is 3.28. The molecule has 0 spiro atoms. The Bertz CT molecular complexity index is 1000. The Labute approximate surface area is 136 Å². The summed E-state index contributed by atoms with van der Waals surface area (Å²) >= 11 is 1.33. The molecule has 0 radical (unpaired) electrons. The minimum absolute atomic E-state index is 0.318. The van der Waals surface area contributed by atoms with Crippen molar-refractivity contribution in [3.8, 4) is 11.8 Å². The molecule has 0 atom stereocenters. The summed E-state index contributed by atoms with van der Waals surface area (Å²) in [7, 11) is 1.59. The summed E-state index contributed by atoms with van der Waals surface area (Å²) in [5, 5.41) is 10.4. The first-order chi connectivity index (χ1) is 11.2. The molecule has 0 bridgehead atoms. The molecule has 3 rings (SSSR count). The minimum atomic E-state index is -0.318. The predicted octanol–water partition coefficient (Wildman–Crippen LogP) is 3.73. The number of ether oxygens (including phenoxy) is 1. The van der Waals surface area contributed by atoms with E-state index in [1.165, 1.54) is 11.3 Å². The molecule has 0 fully saturated rings. The van der Waals surface area contributed by atoms with Crippen molar-refractivity contribution in [2.45, 2.75) is 0 Å². The van der Waals surface area contributed by atoms with Gasteiger partial charge in [0.1, 0.15) is 16.8 Å². The standard InChI is InChI=1S/C18H12N2O2S/c1-22-14-6-4-5-12(10-14)9-13(11-19)18-20-17(21)15-7-2-3-8-16(15)23-18/h2-10H,1H3/b13-9+. The van der Waals surface area contributed by atoms with Gasteiger partial charge in [-0.15, -0.1) is 11.3 Å². The molecule has 112 valence electrons. The van der Waals surface area contributed by atoms with Crippen LogP contribution in [0.2, 0.25) is 0 Å². The van der Waals surface area contributed by atoms with E-state index in [9.17, 15) is 10.1 Å². The molecule has 0 N–H and O–H groups in total. The molecule has 0 saturated heterocycles. The van der Waals surface area contributed by atoms with Crippen LogP contribution in [0.25, 0.3) is 21.7 Å². The molecule has 4 nitrogen and oxygen atoms in total. The summed E-state index contributed by atoms with van der Waals surface area (Å²) in [5.41, 5.74) is 0.850. The van der Waals surface area contributed by atoms with Gasteiger partial charge in [0.25, 0.3) is 5.56 Å². The van der Waals surface area contributed by atoms with Crippen molar-refractivity contribution in [1.29, 1.82) is 5.26 Å². The number of benzene rings is 2. The van der Waals surface area contributed by atoms with Crippen molar-refractivity contribution < 1.29 is 4.74 Å². The zero-order valence-electron chi connectivity index (χ0n) is 12.3. The van der Waals surface area contributed by atoms with E-state index in [0.717, 1.165) is 10.3 Å². The summed E-state index contributed by atoms with van der Waals surface area (Å²) in [5.74, 6) is 0.704. The number of methoxy groups -OCH3 is 1. The molecule has 0 aliphatic heterocycles.